The van der Waals surface area contributed by atoms with Crippen molar-refractivity contribution in [2.45, 2.75) is 76.5 Å². The van der Waals surface area contributed by atoms with Gasteiger partial charge in [0.15, 0.2) is 17.5 Å². The zero-order chi connectivity index (χ0) is 32.8. The average molecular weight is 643 g/mol. The van der Waals surface area contributed by atoms with Crippen LogP contribution in [-0.2, 0) is 20.9 Å². The summed E-state index contributed by atoms with van der Waals surface area (Å²) in [5.74, 6) is 2.12. The number of ether oxygens (including phenoxy) is 3. The number of amides is 2. The molecule has 47 heavy (non-hydrogen) atoms. The molecule has 2 amide bonds. The number of furan rings is 1. The van der Waals surface area contributed by atoms with Gasteiger partial charge in [0.2, 0.25) is 5.82 Å². The number of methoxy groups -OCH3 is 2. The third-order valence-electron chi connectivity index (χ3n) is 8.95. The smallest absolute Gasteiger partial charge is 0.251 e. The minimum Gasteiger partial charge on any atom is -0.493 e. The number of nitrogens with one attached hydrogen (secondary N) is 1. The molecule has 2 aliphatic rings. The largest absolute Gasteiger partial charge is 0.493 e. The van der Waals surface area contributed by atoms with Gasteiger partial charge in [-0.3, -0.25) is 14.5 Å². The number of aryl methyl sites for hydroxylation is 1. The molecule has 2 fully saturated rings. The molecule has 1 saturated carbocycles. The highest BCUT2D eigenvalue weighted by Crippen LogP contribution is 2.36. The second-order valence-electron chi connectivity index (χ2n) is 12.1. The number of hydrogen-bond acceptors (Lipinski definition) is 9. The summed E-state index contributed by atoms with van der Waals surface area (Å²) < 4.78 is 22.5. The monoisotopic (exact) mass is 642 g/mol. The van der Waals surface area contributed by atoms with Crippen LogP contribution in [0.15, 0.2) is 59.0 Å². The highest BCUT2D eigenvalue weighted by atomic mass is 16.5. The maximum atomic E-state index is 14.3. The van der Waals surface area contributed by atoms with Crippen LogP contribution in [0.25, 0.3) is 11.4 Å². The van der Waals surface area contributed by atoms with Gasteiger partial charge in [0.25, 0.3) is 11.8 Å². The Balaban J connectivity index is 1.31. The van der Waals surface area contributed by atoms with Gasteiger partial charge >= 0.3 is 0 Å². The number of aromatic nitrogens is 4. The van der Waals surface area contributed by atoms with Crippen molar-refractivity contribution in [1.29, 1.82) is 0 Å². The minimum absolute atomic E-state index is 0.0637. The predicted octanol–water partition coefficient (Wildman–Crippen LogP) is 5.38. The molecule has 4 aromatic rings. The van der Waals surface area contributed by atoms with Crippen LogP contribution in [0.3, 0.4) is 0 Å². The van der Waals surface area contributed by atoms with Crippen LogP contribution in [-0.4, -0.2) is 65.5 Å². The van der Waals surface area contributed by atoms with E-state index in [1.54, 1.807) is 44.6 Å². The van der Waals surface area contributed by atoms with Crippen molar-refractivity contribution in [3.05, 3.63) is 71.7 Å². The standard InChI is InChI=1S/C35H42N6O6/c1-23-11-17-30(47-23)33(35(43)36-21-28-10-7-19-46-28)41(27-15-12-25(13-16-27)24-8-5-4-6-9-24)32(42)22-40-38-34(37-39-40)26-14-18-29(44-2)31(20-26)45-3/h11-18,20,24,28,33H,4-10,19,21-22H2,1-3H3,(H,36,43)/t28-,33+/m1/s1. The Bertz CT molecular complexity index is 1650. The topological polar surface area (TPSA) is 134 Å². The van der Waals surface area contributed by atoms with Gasteiger partial charge in [0, 0.05) is 24.4 Å². The first-order chi connectivity index (χ1) is 22.9. The third kappa shape index (κ3) is 7.48. The fourth-order valence-corrected chi connectivity index (χ4v) is 6.47. The zero-order valence-electron chi connectivity index (χ0n) is 27.2. The Morgan fingerprint density at radius 3 is 2.45 bits per heavy atom. The van der Waals surface area contributed by atoms with Gasteiger partial charge in [-0.15, -0.1) is 10.2 Å². The van der Waals surface area contributed by atoms with Crippen LogP contribution in [0, 0.1) is 6.92 Å². The van der Waals surface area contributed by atoms with E-state index in [4.69, 9.17) is 18.6 Å². The molecule has 248 valence electrons. The van der Waals surface area contributed by atoms with Gasteiger partial charge in [0.1, 0.15) is 18.1 Å². The van der Waals surface area contributed by atoms with E-state index in [9.17, 15) is 9.59 Å². The Kier molecular flexibility index (Phi) is 10.2. The van der Waals surface area contributed by atoms with E-state index in [-0.39, 0.29) is 18.6 Å². The number of nitrogens with zero attached hydrogens (tertiary/aromatic N) is 5. The number of anilines is 1. The molecular weight excluding hydrogens is 600 g/mol. The molecule has 12 nitrogen and oxygen atoms in total. The van der Waals surface area contributed by atoms with E-state index in [0.29, 0.717) is 59.2 Å². The predicted molar refractivity (Wildman–Crippen MR) is 174 cm³/mol. The van der Waals surface area contributed by atoms with Gasteiger partial charge in [0.05, 0.1) is 20.3 Å². The highest BCUT2D eigenvalue weighted by Gasteiger charge is 2.36. The van der Waals surface area contributed by atoms with Crippen molar-refractivity contribution >= 4 is 17.5 Å². The molecule has 1 aliphatic carbocycles. The number of hydrogen-bond donors (Lipinski definition) is 1. The molecule has 1 saturated heterocycles. The number of carbonyl (C=O) groups is 2. The maximum Gasteiger partial charge on any atom is 0.251 e. The van der Waals surface area contributed by atoms with E-state index >= 15 is 0 Å². The van der Waals surface area contributed by atoms with Crippen molar-refractivity contribution in [3.63, 3.8) is 0 Å². The third-order valence-corrected chi connectivity index (χ3v) is 8.95. The summed E-state index contributed by atoms with van der Waals surface area (Å²) in [6.45, 7) is 2.57. The summed E-state index contributed by atoms with van der Waals surface area (Å²) in [5, 5.41) is 15.9. The second-order valence-corrected chi connectivity index (χ2v) is 12.1. The van der Waals surface area contributed by atoms with Crippen molar-refractivity contribution in [2.24, 2.45) is 0 Å². The fraction of sp³-hybridized carbons (Fsp3) is 0.457. The lowest BCUT2D eigenvalue weighted by molar-refractivity contribution is -0.127. The molecule has 0 unspecified atom stereocenters. The minimum atomic E-state index is -1.08. The van der Waals surface area contributed by atoms with Gasteiger partial charge < -0.3 is 23.9 Å². The summed E-state index contributed by atoms with van der Waals surface area (Å²) >= 11 is 0. The quantitative estimate of drug-likeness (QED) is 0.216. The SMILES string of the molecule is COc1ccc(-c2nnn(CC(=O)N(c3ccc(C4CCCCC4)cc3)[C@H](C(=O)NC[C@H]3CCCO3)c3ccc(C)o3)n2)cc1OC. The van der Waals surface area contributed by atoms with Crippen LogP contribution < -0.4 is 19.7 Å². The lowest BCUT2D eigenvalue weighted by Gasteiger charge is -2.30. The molecule has 1 N–H and O–H groups in total. The molecule has 3 heterocycles. The van der Waals surface area contributed by atoms with E-state index in [1.807, 2.05) is 19.1 Å². The number of tetrazole rings is 1. The van der Waals surface area contributed by atoms with Crippen molar-refractivity contribution in [1.82, 2.24) is 25.5 Å². The molecular formula is C35H42N6O6. The van der Waals surface area contributed by atoms with Crippen LogP contribution in [0.4, 0.5) is 5.69 Å². The lowest BCUT2D eigenvalue weighted by Crippen LogP contribution is -2.46. The Labute approximate surface area is 274 Å². The first-order valence-electron chi connectivity index (χ1n) is 16.3. The van der Waals surface area contributed by atoms with Crippen LogP contribution in [0.1, 0.15) is 74.0 Å². The Morgan fingerprint density at radius 2 is 1.77 bits per heavy atom. The molecule has 0 spiro atoms. The first-order valence-corrected chi connectivity index (χ1v) is 16.3. The molecule has 12 heteroatoms. The lowest BCUT2D eigenvalue weighted by atomic mass is 9.84. The van der Waals surface area contributed by atoms with E-state index in [0.717, 1.165) is 25.7 Å². The maximum absolute atomic E-state index is 14.3. The second kappa shape index (κ2) is 14.8. The Morgan fingerprint density at radius 1 is 0.979 bits per heavy atom. The number of carbonyl (C=O) groups excluding carboxylic acids is 2. The summed E-state index contributed by atoms with van der Waals surface area (Å²) in [7, 11) is 3.11. The van der Waals surface area contributed by atoms with Gasteiger partial charge in [-0.25, -0.2) is 0 Å². The van der Waals surface area contributed by atoms with Crippen molar-refractivity contribution in [2.75, 3.05) is 32.3 Å². The molecule has 2 atom stereocenters. The average Bonchev–Trinajstić information content (AvgIpc) is 3.89. The van der Waals surface area contributed by atoms with Gasteiger partial charge in [-0.05, 0) is 91.8 Å². The van der Waals surface area contributed by atoms with Gasteiger partial charge in [-0.1, -0.05) is 31.4 Å². The van der Waals surface area contributed by atoms with Crippen molar-refractivity contribution in [3.8, 4) is 22.9 Å². The summed E-state index contributed by atoms with van der Waals surface area (Å²) in [5.41, 5.74) is 2.46. The van der Waals surface area contributed by atoms with E-state index < -0.39 is 11.9 Å². The van der Waals surface area contributed by atoms with Crippen LogP contribution in [0.2, 0.25) is 0 Å². The summed E-state index contributed by atoms with van der Waals surface area (Å²) in [6.07, 6.45) is 7.78. The molecule has 0 bridgehead atoms. The summed E-state index contributed by atoms with van der Waals surface area (Å²) in [6, 6.07) is 15.7. The first kappa shape index (κ1) is 32.2. The van der Waals surface area contributed by atoms with Crippen molar-refractivity contribution < 1.29 is 28.2 Å². The van der Waals surface area contributed by atoms with Crippen LogP contribution >= 0.6 is 0 Å². The molecule has 2 aromatic carbocycles. The molecule has 6 rings (SSSR count). The number of rotatable bonds is 12. The highest BCUT2D eigenvalue weighted by molar-refractivity contribution is 6.01. The fourth-order valence-electron chi connectivity index (χ4n) is 6.47. The van der Waals surface area contributed by atoms with Crippen LogP contribution in [0.5, 0.6) is 11.5 Å². The summed E-state index contributed by atoms with van der Waals surface area (Å²) in [4.78, 5) is 31.0. The normalized spacial score (nSPS) is 17.3. The molecule has 2 aromatic heterocycles. The zero-order valence-corrected chi connectivity index (χ0v) is 27.2. The number of benzene rings is 2. The van der Waals surface area contributed by atoms with Gasteiger partial charge in [-0.2, -0.15) is 4.80 Å². The molecule has 1 aliphatic heterocycles. The van der Waals surface area contributed by atoms with E-state index in [2.05, 4.69) is 32.9 Å². The van der Waals surface area contributed by atoms with E-state index in [1.165, 1.54) is 34.5 Å². The molecule has 0 radical (unpaired) electrons. The Hall–Kier alpha value is -4.71.